The lowest BCUT2D eigenvalue weighted by Crippen LogP contribution is -2.44. The number of carbonyl (C=O) groups is 1. The molecule has 6 nitrogen and oxygen atoms in total. The molecule has 1 fully saturated rings. The molecule has 182 valence electrons. The summed E-state index contributed by atoms with van der Waals surface area (Å²) in [4.78, 5) is 13.3. The predicted octanol–water partition coefficient (Wildman–Crippen LogP) is 4.99. The number of nitrogens with one attached hydrogen (secondary N) is 1. The first-order chi connectivity index (χ1) is 16.2. The van der Waals surface area contributed by atoms with Crippen LogP contribution in [-0.2, 0) is 14.8 Å². The highest BCUT2D eigenvalue weighted by Gasteiger charge is 2.33. The molecule has 1 heterocycles. The van der Waals surface area contributed by atoms with Gasteiger partial charge in [0, 0.05) is 19.0 Å². The molecule has 1 amide bonds. The van der Waals surface area contributed by atoms with Crippen molar-refractivity contribution in [2.45, 2.75) is 63.8 Å². The fourth-order valence-electron chi connectivity index (χ4n) is 4.38. The van der Waals surface area contributed by atoms with Gasteiger partial charge in [-0.05, 0) is 66.5 Å². The van der Waals surface area contributed by atoms with Crippen molar-refractivity contribution in [3.63, 3.8) is 0 Å². The van der Waals surface area contributed by atoms with Gasteiger partial charge in [-0.25, -0.2) is 8.42 Å². The first-order valence-corrected chi connectivity index (χ1v) is 13.5. The lowest BCUT2D eigenvalue weighted by Gasteiger charge is -2.32. The molecule has 0 aromatic heterocycles. The number of sulfonamides is 1. The van der Waals surface area contributed by atoms with Crippen molar-refractivity contribution >= 4 is 15.9 Å². The van der Waals surface area contributed by atoms with Gasteiger partial charge < -0.3 is 5.32 Å². The van der Waals surface area contributed by atoms with E-state index in [9.17, 15) is 13.2 Å². The van der Waals surface area contributed by atoms with E-state index in [-0.39, 0.29) is 28.7 Å². The number of piperidine rings is 1. The number of benzene rings is 2. The smallest absolute Gasteiger partial charge is 0.243 e. The molecular formula is C27H35N3O3S. The Morgan fingerprint density at radius 1 is 1.03 bits per heavy atom. The van der Waals surface area contributed by atoms with E-state index in [0.29, 0.717) is 37.4 Å². The Hall–Kier alpha value is -2.69. The van der Waals surface area contributed by atoms with E-state index in [1.807, 2.05) is 6.07 Å². The minimum absolute atomic E-state index is 0.0138. The Morgan fingerprint density at radius 3 is 2.09 bits per heavy atom. The number of carbonyl (C=O) groups excluding carboxylic acids is 1. The summed E-state index contributed by atoms with van der Waals surface area (Å²) in [5.41, 5.74) is 2.82. The first-order valence-electron chi connectivity index (χ1n) is 12.1. The summed E-state index contributed by atoms with van der Waals surface area (Å²) >= 11 is 0. The van der Waals surface area contributed by atoms with Crippen LogP contribution in [-0.4, -0.2) is 31.7 Å². The first kappa shape index (κ1) is 25.9. The van der Waals surface area contributed by atoms with Gasteiger partial charge in [0.25, 0.3) is 0 Å². The Morgan fingerprint density at radius 2 is 1.59 bits per heavy atom. The van der Waals surface area contributed by atoms with E-state index >= 15 is 0 Å². The summed E-state index contributed by atoms with van der Waals surface area (Å²) in [5.74, 6) is 0.510. The standard InChI is InChI=1S/C27H35N3O3S/c1-5-20(4)22-8-10-23(11-9-22)26(19(2)3)29-27(31)24-14-16-30(17-15-24)34(32,33)25-12-6-21(18-28)7-13-25/h6-13,19-20,24,26H,5,14-17H2,1-4H3,(H,29,31). The normalized spacial score (nSPS) is 17.2. The second kappa shape index (κ2) is 11.2. The van der Waals surface area contributed by atoms with Gasteiger partial charge >= 0.3 is 0 Å². The molecule has 0 spiro atoms. The number of rotatable bonds is 8. The van der Waals surface area contributed by atoms with E-state index in [4.69, 9.17) is 5.26 Å². The van der Waals surface area contributed by atoms with E-state index < -0.39 is 10.0 Å². The Kier molecular flexibility index (Phi) is 8.51. The lowest BCUT2D eigenvalue weighted by atomic mass is 9.91. The van der Waals surface area contributed by atoms with E-state index in [2.05, 4.69) is 57.3 Å². The van der Waals surface area contributed by atoms with Crippen LogP contribution in [0.5, 0.6) is 0 Å². The third-order valence-corrected chi connectivity index (χ3v) is 8.80. The molecule has 7 heteroatoms. The molecule has 1 saturated heterocycles. The molecular weight excluding hydrogens is 446 g/mol. The van der Waals surface area contributed by atoms with E-state index in [1.165, 1.54) is 34.1 Å². The molecule has 0 aliphatic carbocycles. The zero-order valence-electron chi connectivity index (χ0n) is 20.5. The van der Waals surface area contributed by atoms with Crippen LogP contribution in [0.4, 0.5) is 0 Å². The highest BCUT2D eigenvalue weighted by Crippen LogP contribution is 2.28. The monoisotopic (exact) mass is 481 g/mol. The Bertz CT molecular complexity index is 1110. The summed E-state index contributed by atoms with van der Waals surface area (Å²) in [7, 11) is -3.64. The second-order valence-corrected chi connectivity index (χ2v) is 11.5. The van der Waals surface area contributed by atoms with Gasteiger partial charge in [0.15, 0.2) is 0 Å². The number of amides is 1. The fourth-order valence-corrected chi connectivity index (χ4v) is 5.85. The van der Waals surface area contributed by atoms with Gasteiger partial charge in [-0.15, -0.1) is 0 Å². The van der Waals surface area contributed by atoms with Crippen LogP contribution < -0.4 is 5.32 Å². The Balaban J connectivity index is 1.63. The SMILES string of the molecule is CCC(C)c1ccc(C(NC(=O)C2CCN(S(=O)(=O)c3ccc(C#N)cc3)CC2)C(C)C)cc1. The minimum Gasteiger partial charge on any atom is -0.349 e. The third-order valence-electron chi connectivity index (χ3n) is 6.89. The van der Waals surface area contributed by atoms with Gasteiger partial charge in [0.1, 0.15) is 0 Å². The minimum atomic E-state index is -3.64. The number of nitrogens with zero attached hydrogens (tertiary/aromatic N) is 2. The summed E-state index contributed by atoms with van der Waals surface area (Å²) in [6.45, 7) is 9.19. The van der Waals surface area contributed by atoms with Gasteiger partial charge in [-0.1, -0.05) is 52.0 Å². The predicted molar refractivity (Wildman–Crippen MR) is 134 cm³/mol. The topological polar surface area (TPSA) is 90.3 Å². The maximum atomic E-state index is 13.1. The zero-order chi connectivity index (χ0) is 24.9. The van der Waals surface area contributed by atoms with Crippen LogP contribution in [0, 0.1) is 23.2 Å². The molecule has 0 radical (unpaired) electrons. The fraction of sp³-hybridized carbons (Fsp3) is 0.481. The largest absolute Gasteiger partial charge is 0.349 e. The average molecular weight is 482 g/mol. The van der Waals surface area contributed by atoms with Crippen LogP contribution in [0.25, 0.3) is 0 Å². The molecule has 0 saturated carbocycles. The molecule has 1 aliphatic heterocycles. The van der Waals surface area contributed by atoms with Crippen molar-refractivity contribution < 1.29 is 13.2 Å². The van der Waals surface area contributed by atoms with Gasteiger partial charge in [-0.2, -0.15) is 9.57 Å². The van der Waals surface area contributed by atoms with Crippen molar-refractivity contribution in [1.82, 2.24) is 9.62 Å². The van der Waals surface area contributed by atoms with Crippen molar-refractivity contribution in [2.75, 3.05) is 13.1 Å². The average Bonchev–Trinajstić information content (AvgIpc) is 2.86. The highest BCUT2D eigenvalue weighted by atomic mass is 32.2. The third kappa shape index (κ3) is 5.86. The van der Waals surface area contributed by atoms with Crippen molar-refractivity contribution in [3.05, 3.63) is 65.2 Å². The van der Waals surface area contributed by atoms with Crippen molar-refractivity contribution in [1.29, 1.82) is 5.26 Å². The molecule has 3 rings (SSSR count). The van der Waals surface area contributed by atoms with Crippen LogP contribution in [0.2, 0.25) is 0 Å². The maximum Gasteiger partial charge on any atom is 0.243 e. The van der Waals surface area contributed by atoms with E-state index in [1.54, 1.807) is 0 Å². The number of hydrogen-bond acceptors (Lipinski definition) is 4. The summed E-state index contributed by atoms with van der Waals surface area (Å²) < 4.78 is 27.3. The quantitative estimate of drug-likeness (QED) is 0.575. The summed E-state index contributed by atoms with van der Waals surface area (Å²) in [5, 5.41) is 12.2. The zero-order valence-corrected chi connectivity index (χ0v) is 21.3. The molecule has 1 N–H and O–H groups in total. The molecule has 2 aromatic carbocycles. The van der Waals surface area contributed by atoms with Crippen LogP contribution in [0.15, 0.2) is 53.4 Å². The van der Waals surface area contributed by atoms with Crippen LogP contribution in [0.1, 0.15) is 75.6 Å². The second-order valence-electron chi connectivity index (χ2n) is 9.52. The summed E-state index contributed by atoms with van der Waals surface area (Å²) in [6, 6.07) is 16.4. The molecule has 0 bridgehead atoms. The molecule has 1 aliphatic rings. The maximum absolute atomic E-state index is 13.1. The summed E-state index contributed by atoms with van der Waals surface area (Å²) in [6.07, 6.45) is 2.06. The van der Waals surface area contributed by atoms with Crippen LogP contribution >= 0.6 is 0 Å². The van der Waals surface area contributed by atoms with Crippen LogP contribution in [0.3, 0.4) is 0 Å². The highest BCUT2D eigenvalue weighted by molar-refractivity contribution is 7.89. The number of nitriles is 1. The Labute approximate surface area is 204 Å². The van der Waals surface area contributed by atoms with Gasteiger partial charge in [-0.3, -0.25) is 4.79 Å². The molecule has 2 atom stereocenters. The van der Waals surface area contributed by atoms with E-state index in [0.717, 1.165) is 12.0 Å². The van der Waals surface area contributed by atoms with Crippen molar-refractivity contribution in [2.24, 2.45) is 11.8 Å². The van der Waals surface area contributed by atoms with Gasteiger partial charge in [0.2, 0.25) is 15.9 Å². The van der Waals surface area contributed by atoms with Crippen molar-refractivity contribution in [3.8, 4) is 6.07 Å². The molecule has 2 unspecified atom stereocenters. The molecule has 34 heavy (non-hydrogen) atoms. The lowest BCUT2D eigenvalue weighted by molar-refractivity contribution is -0.127. The number of hydrogen-bond donors (Lipinski definition) is 1. The van der Waals surface area contributed by atoms with Gasteiger partial charge in [0.05, 0.1) is 22.6 Å². The molecule has 2 aromatic rings.